The predicted octanol–water partition coefficient (Wildman–Crippen LogP) is 2.97. The van der Waals surface area contributed by atoms with Crippen LogP contribution in [-0.4, -0.2) is 25.3 Å². The van der Waals surface area contributed by atoms with Crippen LogP contribution in [0.5, 0.6) is 0 Å². The maximum atomic E-state index is 5.47. The molecule has 0 amide bonds. The van der Waals surface area contributed by atoms with Crippen molar-refractivity contribution in [3.05, 3.63) is 0 Å². The molecule has 2 heteroatoms. The van der Waals surface area contributed by atoms with Crippen molar-refractivity contribution in [1.82, 2.24) is 5.32 Å². The van der Waals surface area contributed by atoms with E-state index < -0.39 is 0 Å². The molecule has 90 valence electrons. The molecular formula is C13H27NO. The van der Waals surface area contributed by atoms with Crippen LogP contribution >= 0.6 is 0 Å². The summed E-state index contributed by atoms with van der Waals surface area (Å²) < 4.78 is 5.47. The predicted molar refractivity (Wildman–Crippen MR) is 65.1 cm³/mol. The van der Waals surface area contributed by atoms with Crippen molar-refractivity contribution in [2.24, 2.45) is 5.41 Å². The van der Waals surface area contributed by atoms with Gasteiger partial charge in [-0.3, -0.25) is 0 Å². The summed E-state index contributed by atoms with van der Waals surface area (Å²) in [7, 11) is 0. The van der Waals surface area contributed by atoms with Crippen LogP contribution in [0.3, 0.4) is 0 Å². The Bertz CT molecular complexity index is 179. The van der Waals surface area contributed by atoms with Gasteiger partial charge in [0.25, 0.3) is 0 Å². The molecule has 0 unspecified atom stereocenters. The van der Waals surface area contributed by atoms with Crippen molar-refractivity contribution in [3.8, 4) is 0 Å². The Kier molecular flexibility index (Phi) is 4.60. The van der Waals surface area contributed by atoms with Crippen molar-refractivity contribution in [1.29, 1.82) is 0 Å². The van der Waals surface area contributed by atoms with E-state index in [1.807, 2.05) is 0 Å². The molecule has 0 spiro atoms. The molecule has 1 fully saturated rings. The van der Waals surface area contributed by atoms with Crippen LogP contribution < -0.4 is 5.32 Å². The Balaban J connectivity index is 2.27. The highest BCUT2D eigenvalue weighted by atomic mass is 16.5. The van der Waals surface area contributed by atoms with Gasteiger partial charge in [0.2, 0.25) is 0 Å². The summed E-state index contributed by atoms with van der Waals surface area (Å²) >= 11 is 0. The van der Waals surface area contributed by atoms with E-state index in [0.717, 1.165) is 19.8 Å². The zero-order chi connectivity index (χ0) is 11.4. The average molecular weight is 213 g/mol. The molecule has 0 aromatic carbocycles. The first-order valence-electron chi connectivity index (χ1n) is 6.30. The summed E-state index contributed by atoms with van der Waals surface area (Å²) in [5.74, 6) is 0. The third-order valence-electron chi connectivity index (χ3n) is 3.39. The lowest BCUT2D eigenvalue weighted by molar-refractivity contribution is 0.0493. The van der Waals surface area contributed by atoms with Crippen molar-refractivity contribution in [3.63, 3.8) is 0 Å². The fourth-order valence-electron chi connectivity index (χ4n) is 2.08. The molecule has 0 saturated heterocycles. The first-order chi connectivity index (χ1) is 6.97. The quantitative estimate of drug-likeness (QED) is 0.685. The minimum atomic E-state index is 0.244. The molecule has 1 aliphatic rings. The Morgan fingerprint density at radius 1 is 1.27 bits per heavy atom. The van der Waals surface area contributed by atoms with Crippen LogP contribution in [0.1, 0.15) is 53.4 Å². The minimum Gasteiger partial charge on any atom is -0.382 e. The van der Waals surface area contributed by atoms with Crippen molar-refractivity contribution >= 4 is 0 Å². The van der Waals surface area contributed by atoms with Crippen LogP contribution in [0.2, 0.25) is 0 Å². The summed E-state index contributed by atoms with van der Waals surface area (Å²) in [5, 5.41) is 3.64. The number of hydrogen-bond acceptors (Lipinski definition) is 2. The lowest BCUT2D eigenvalue weighted by atomic mass is 9.66. The molecule has 0 atom stereocenters. The largest absolute Gasteiger partial charge is 0.382 e. The van der Waals surface area contributed by atoms with E-state index in [-0.39, 0.29) is 5.54 Å². The molecule has 0 radical (unpaired) electrons. The maximum Gasteiger partial charge on any atom is 0.0471 e. The van der Waals surface area contributed by atoms with Crippen LogP contribution in [0.15, 0.2) is 0 Å². The van der Waals surface area contributed by atoms with Crippen LogP contribution in [-0.2, 0) is 4.74 Å². The first kappa shape index (κ1) is 13.0. The summed E-state index contributed by atoms with van der Waals surface area (Å²) in [6, 6.07) is 0. The van der Waals surface area contributed by atoms with Crippen molar-refractivity contribution in [2.45, 2.75) is 58.9 Å². The molecule has 1 saturated carbocycles. The van der Waals surface area contributed by atoms with E-state index in [1.54, 1.807) is 0 Å². The first-order valence-corrected chi connectivity index (χ1v) is 6.30. The topological polar surface area (TPSA) is 21.3 Å². The molecule has 0 heterocycles. The fraction of sp³-hybridized carbons (Fsp3) is 1.00. The smallest absolute Gasteiger partial charge is 0.0471 e. The van der Waals surface area contributed by atoms with Gasteiger partial charge in [0.15, 0.2) is 0 Å². The van der Waals surface area contributed by atoms with Crippen molar-refractivity contribution in [2.75, 3.05) is 19.8 Å². The molecule has 0 aromatic heterocycles. The molecule has 0 aromatic rings. The summed E-state index contributed by atoms with van der Waals surface area (Å²) in [6.45, 7) is 11.7. The van der Waals surface area contributed by atoms with Crippen LogP contribution in [0, 0.1) is 5.41 Å². The standard InChI is InChI=1S/C13H27NO/c1-5-15-10-9-13(7-6-8-13)11-14-12(2,3)4/h14H,5-11H2,1-4H3. The fourth-order valence-corrected chi connectivity index (χ4v) is 2.08. The lowest BCUT2D eigenvalue weighted by Crippen LogP contribution is -2.47. The van der Waals surface area contributed by atoms with E-state index in [1.165, 1.54) is 25.7 Å². The Morgan fingerprint density at radius 3 is 2.33 bits per heavy atom. The van der Waals surface area contributed by atoms with Gasteiger partial charge in [-0.15, -0.1) is 0 Å². The van der Waals surface area contributed by atoms with E-state index >= 15 is 0 Å². The highest BCUT2D eigenvalue weighted by Crippen LogP contribution is 2.43. The summed E-state index contributed by atoms with van der Waals surface area (Å²) in [6.07, 6.45) is 5.38. The van der Waals surface area contributed by atoms with Gasteiger partial charge in [-0.05, 0) is 52.4 Å². The summed E-state index contributed by atoms with van der Waals surface area (Å²) in [4.78, 5) is 0. The van der Waals surface area contributed by atoms with Gasteiger partial charge in [0.1, 0.15) is 0 Å². The highest BCUT2D eigenvalue weighted by Gasteiger charge is 2.36. The molecule has 1 aliphatic carbocycles. The Hall–Kier alpha value is -0.0800. The maximum absolute atomic E-state index is 5.47. The third-order valence-corrected chi connectivity index (χ3v) is 3.39. The van der Waals surface area contributed by atoms with E-state index in [2.05, 4.69) is 33.0 Å². The molecular weight excluding hydrogens is 186 g/mol. The second-order valence-electron chi connectivity index (χ2n) is 5.90. The van der Waals surface area contributed by atoms with Gasteiger partial charge in [-0.1, -0.05) is 6.42 Å². The minimum absolute atomic E-state index is 0.244. The summed E-state index contributed by atoms with van der Waals surface area (Å²) in [5.41, 5.74) is 0.788. The van der Waals surface area contributed by atoms with Gasteiger partial charge in [-0.2, -0.15) is 0 Å². The zero-order valence-corrected chi connectivity index (χ0v) is 10.9. The number of hydrogen-bond donors (Lipinski definition) is 1. The van der Waals surface area contributed by atoms with Gasteiger partial charge in [0, 0.05) is 25.3 Å². The van der Waals surface area contributed by atoms with Gasteiger partial charge >= 0.3 is 0 Å². The van der Waals surface area contributed by atoms with Crippen LogP contribution in [0.4, 0.5) is 0 Å². The monoisotopic (exact) mass is 213 g/mol. The SMILES string of the molecule is CCOCCC1(CNC(C)(C)C)CCC1. The lowest BCUT2D eigenvalue weighted by Gasteiger charge is -2.44. The number of rotatable bonds is 6. The molecule has 0 aliphatic heterocycles. The van der Waals surface area contributed by atoms with E-state index in [4.69, 9.17) is 4.74 Å². The normalized spacial score (nSPS) is 20.0. The van der Waals surface area contributed by atoms with E-state index in [0.29, 0.717) is 5.41 Å². The highest BCUT2D eigenvalue weighted by molar-refractivity contribution is 4.91. The molecule has 1 rings (SSSR count). The van der Waals surface area contributed by atoms with E-state index in [9.17, 15) is 0 Å². The third kappa shape index (κ3) is 4.52. The van der Waals surface area contributed by atoms with Crippen LogP contribution in [0.25, 0.3) is 0 Å². The second kappa shape index (κ2) is 5.31. The molecule has 0 bridgehead atoms. The molecule has 1 N–H and O–H groups in total. The van der Waals surface area contributed by atoms with Gasteiger partial charge in [-0.25, -0.2) is 0 Å². The van der Waals surface area contributed by atoms with Gasteiger partial charge < -0.3 is 10.1 Å². The number of nitrogens with one attached hydrogen (secondary N) is 1. The van der Waals surface area contributed by atoms with Gasteiger partial charge in [0.05, 0.1) is 0 Å². The zero-order valence-electron chi connectivity index (χ0n) is 10.9. The molecule has 15 heavy (non-hydrogen) atoms. The Labute approximate surface area is 94.8 Å². The molecule has 2 nitrogen and oxygen atoms in total. The Morgan fingerprint density at radius 2 is 1.93 bits per heavy atom. The average Bonchev–Trinajstić information content (AvgIpc) is 2.06. The second-order valence-corrected chi connectivity index (χ2v) is 5.90. The number of ether oxygens (including phenoxy) is 1. The van der Waals surface area contributed by atoms with Crippen molar-refractivity contribution < 1.29 is 4.74 Å².